The lowest BCUT2D eigenvalue weighted by atomic mass is 10.0. The summed E-state index contributed by atoms with van der Waals surface area (Å²) >= 11 is 3.28. The predicted octanol–water partition coefficient (Wildman–Crippen LogP) is 5.15. The molecule has 8 nitrogen and oxygen atoms in total. The highest BCUT2D eigenvalue weighted by Gasteiger charge is 2.44. The van der Waals surface area contributed by atoms with Crippen LogP contribution in [-0.4, -0.2) is 42.9 Å². The molecule has 0 aliphatic heterocycles. The number of urea groups is 1. The van der Waals surface area contributed by atoms with E-state index >= 15 is 4.39 Å². The number of benzene rings is 2. The lowest BCUT2D eigenvalue weighted by molar-refractivity contribution is 0.0730. The smallest absolute Gasteiger partial charge is 0.343 e. The molecular weight excluding hydrogens is 531 g/mol. The Bertz CT molecular complexity index is 1330. The first kappa shape index (κ1) is 25.3. The van der Waals surface area contributed by atoms with Crippen LogP contribution >= 0.6 is 15.9 Å². The molecule has 0 saturated heterocycles. The fourth-order valence-electron chi connectivity index (χ4n) is 3.81. The predicted molar refractivity (Wildman–Crippen MR) is 137 cm³/mol. The molecule has 2 unspecified atom stereocenters. The van der Waals surface area contributed by atoms with Crippen molar-refractivity contribution in [2.75, 3.05) is 24.3 Å². The van der Waals surface area contributed by atoms with E-state index in [2.05, 4.69) is 31.5 Å². The van der Waals surface area contributed by atoms with Crippen molar-refractivity contribution >= 4 is 45.2 Å². The molecule has 2 amide bonds. The van der Waals surface area contributed by atoms with E-state index in [4.69, 9.17) is 4.74 Å². The third-order valence-corrected chi connectivity index (χ3v) is 6.23. The molecule has 0 spiro atoms. The maximum absolute atomic E-state index is 15.1. The van der Waals surface area contributed by atoms with E-state index in [0.29, 0.717) is 12.2 Å². The molecule has 10 heteroatoms. The molecule has 3 aromatic rings. The van der Waals surface area contributed by atoms with Crippen molar-refractivity contribution in [3.63, 3.8) is 0 Å². The van der Waals surface area contributed by atoms with Gasteiger partial charge < -0.3 is 15.0 Å². The summed E-state index contributed by atoms with van der Waals surface area (Å²) in [6, 6.07) is 11.7. The molecule has 2 atom stereocenters. The molecule has 1 aromatic heterocycles. The molecule has 2 N–H and O–H groups in total. The number of carbonyl (C=O) groups is 3. The normalized spacial score (nSPS) is 16.1. The number of hydrogen-bond donors (Lipinski definition) is 2. The van der Waals surface area contributed by atoms with Gasteiger partial charge in [0, 0.05) is 48.0 Å². The number of halogens is 2. The Labute approximate surface area is 216 Å². The van der Waals surface area contributed by atoms with Crippen molar-refractivity contribution in [3.05, 3.63) is 81.7 Å². The van der Waals surface area contributed by atoms with Gasteiger partial charge in [-0.2, -0.15) is 0 Å². The van der Waals surface area contributed by atoms with Crippen LogP contribution in [0.15, 0.2) is 59.2 Å². The van der Waals surface area contributed by atoms with Gasteiger partial charge in [0.25, 0.3) is 0 Å². The number of carbonyl (C=O) groups excluding carboxylic acids is 3. The second-order valence-electron chi connectivity index (χ2n) is 8.64. The van der Waals surface area contributed by atoms with E-state index in [0.717, 1.165) is 10.2 Å². The van der Waals surface area contributed by atoms with Gasteiger partial charge in [0.2, 0.25) is 0 Å². The summed E-state index contributed by atoms with van der Waals surface area (Å²) in [5.41, 5.74) is 1.23. The molecule has 1 aliphatic rings. The molecule has 1 aliphatic carbocycles. The Hall–Kier alpha value is -3.79. The first-order valence-electron chi connectivity index (χ1n) is 11.2. The number of pyridine rings is 1. The van der Waals surface area contributed by atoms with Gasteiger partial charge in [-0.3, -0.25) is 10.1 Å². The second-order valence-corrected chi connectivity index (χ2v) is 9.55. The second kappa shape index (κ2) is 10.4. The largest absolute Gasteiger partial charge is 0.422 e. The van der Waals surface area contributed by atoms with Crippen LogP contribution in [0.4, 0.5) is 20.7 Å². The summed E-state index contributed by atoms with van der Waals surface area (Å²) in [7, 11) is 3.68. The number of rotatable bonds is 7. The average molecular weight is 555 g/mol. The van der Waals surface area contributed by atoms with Gasteiger partial charge >= 0.3 is 12.0 Å². The number of nitrogens with one attached hydrogen (secondary N) is 2. The molecule has 4 rings (SSSR count). The summed E-state index contributed by atoms with van der Waals surface area (Å²) in [6.07, 6.45) is 1.97. The van der Waals surface area contributed by atoms with Crippen molar-refractivity contribution < 1.29 is 23.5 Å². The number of amides is 2. The Balaban J connectivity index is 1.56. The number of esters is 1. The standard InChI is InChI=1S/C26H24BrFN4O4/c1-14(33)18-8-9-20(28)23(24(18)36-25(34)15-5-4-6-17(11-15)32(2)3)19-12-21(19)30-26(35)31-22-10-7-16(27)13-29-22/h4-11,13,19,21H,12H2,1-3H3,(H2,29,30,31,35). The molecule has 1 saturated carbocycles. The lowest BCUT2D eigenvalue weighted by Crippen LogP contribution is -2.31. The molecule has 0 radical (unpaired) electrons. The molecule has 36 heavy (non-hydrogen) atoms. The van der Waals surface area contributed by atoms with Gasteiger partial charge in [-0.05, 0) is 71.7 Å². The molecule has 1 fully saturated rings. The van der Waals surface area contributed by atoms with E-state index in [1.165, 1.54) is 19.1 Å². The average Bonchev–Trinajstić information content (AvgIpc) is 3.58. The summed E-state index contributed by atoms with van der Waals surface area (Å²) in [5.74, 6) is -1.93. The van der Waals surface area contributed by atoms with E-state index < -0.39 is 29.8 Å². The van der Waals surface area contributed by atoms with E-state index in [-0.39, 0.29) is 28.2 Å². The van der Waals surface area contributed by atoms with Crippen molar-refractivity contribution in [1.29, 1.82) is 0 Å². The van der Waals surface area contributed by atoms with Gasteiger partial charge in [-0.1, -0.05) is 6.07 Å². The Kier molecular flexibility index (Phi) is 7.35. The minimum atomic E-state index is -0.711. The number of ether oxygens (including phenoxy) is 1. The van der Waals surface area contributed by atoms with Crippen LogP contribution in [0.25, 0.3) is 0 Å². The maximum Gasteiger partial charge on any atom is 0.343 e. The van der Waals surface area contributed by atoms with Gasteiger partial charge in [-0.25, -0.2) is 19.0 Å². The Morgan fingerprint density at radius 1 is 1.14 bits per heavy atom. The molecular formula is C26H24BrFN4O4. The fourth-order valence-corrected chi connectivity index (χ4v) is 4.05. The molecule has 2 aromatic carbocycles. The van der Waals surface area contributed by atoms with E-state index in [9.17, 15) is 14.4 Å². The zero-order valence-electron chi connectivity index (χ0n) is 19.8. The Morgan fingerprint density at radius 3 is 2.58 bits per heavy atom. The zero-order chi connectivity index (χ0) is 26.0. The number of ketones is 1. The van der Waals surface area contributed by atoms with Crippen LogP contribution in [0.5, 0.6) is 5.75 Å². The third-order valence-electron chi connectivity index (χ3n) is 5.76. The highest BCUT2D eigenvalue weighted by molar-refractivity contribution is 9.10. The fraction of sp³-hybridized carbons (Fsp3) is 0.231. The zero-order valence-corrected chi connectivity index (χ0v) is 21.4. The summed E-state index contributed by atoms with van der Waals surface area (Å²) < 4.78 is 21.5. The highest BCUT2D eigenvalue weighted by Crippen LogP contribution is 2.47. The topological polar surface area (TPSA) is 101 Å². The van der Waals surface area contributed by atoms with Gasteiger partial charge in [0.1, 0.15) is 17.4 Å². The van der Waals surface area contributed by atoms with Crippen molar-refractivity contribution in [3.8, 4) is 5.75 Å². The quantitative estimate of drug-likeness (QED) is 0.238. The summed E-state index contributed by atoms with van der Waals surface area (Å²) in [4.78, 5) is 43.6. The highest BCUT2D eigenvalue weighted by atomic mass is 79.9. The van der Waals surface area contributed by atoms with Crippen LogP contribution in [0, 0.1) is 5.82 Å². The monoisotopic (exact) mass is 554 g/mol. The van der Waals surface area contributed by atoms with Crippen molar-refractivity contribution in [2.45, 2.75) is 25.3 Å². The number of aromatic nitrogens is 1. The van der Waals surface area contributed by atoms with Crippen molar-refractivity contribution in [2.24, 2.45) is 0 Å². The number of anilines is 2. The number of hydrogen-bond acceptors (Lipinski definition) is 6. The first-order chi connectivity index (χ1) is 17.1. The van der Waals surface area contributed by atoms with Crippen molar-refractivity contribution in [1.82, 2.24) is 10.3 Å². The minimum absolute atomic E-state index is 0.0897. The molecule has 0 bridgehead atoms. The van der Waals surface area contributed by atoms with Gasteiger partial charge in [0.15, 0.2) is 5.78 Å². The lowest BCUT2D eigenvalue weighted by Gasteiger charge is -2.16. The third kappa shape index (κ3) is 5.71. The van der Waals surface area contributed by atoms with Crippen LogP contribution in [-0.2, 0) is 0 Å². The number of Topliss-reactive ketones (excluding diaryl/α,β-unsaturated/α-hetero) is 1. The van der Waals surface area contributed by atoms with Gasteiger partial charge in [-0.15, -0.1) is 0 Å². The number of nitrogens with zero attached hydrogens (tertiary/aromatic N) is 2. The van der Waals surface area contributed by atoms with Crippen LogP contribution in [0.1, 0.15) is 45.5 Å². The first-order valence-corrected chi connectivity index (χ1v) is 12.0. The maximum atomic E-state index is 15.1. The van der Waals surface area contributed by atoms with E-state index in [1.807, 2.05) is 25.1 Å². The summed E-state index contributed by atoms with van der Waals surface area (Å²) in [6.45, 7) is 1.32. The molecule has 1 heterocycles. The van der Waals surface area contributed by atoms with Gasteiger partial charge in [0.05, 0.1) is 11.1 Å². The Morgan fingerprint density at radius 2 is 1.92 bits per heavy atom. The van der Waals surface area contributed by atoms with Crippen LogP contribution in [0.3, 0.4) is 0 Å². The SMILES string of the molecule is CC(=O)c1ccc(F)c(C2CC2NC(=O)Nc2ccc(Br)cn2)c1OC(=O)c1cccc(N(C)C)c1. The van der Waals surface area contributed by atoms with Crippen LogP contribution < -0.4 is 20.3 Å². The van der Waals surface area contributed by atoms with E-state index in [1.54, 1.807) is 36.5 Å². The molecule has 186 valence electrons. The minimum Gasteiger partial charge on any atom is -0.422 e. The summed E-state index contributed by atoms with van der Waals surface area (Å²) in [5, 5.41) is 5.39. The van der Waals surface area contributed by atoms with Crippen LogP contribution in [0.2, 0.25) is 0 Å².